The van der Waals surface area contributed by atoms with Crippen molar-refractivity contribution < 1.29 is 9.13 Å². The number of nitrogens with zero attached hydrogens (tertiary/aromatic N) is 6. The number of rotatable bonds is 5. The highest BCUT2D eigenvalue weighted by atomic mass is 19.1. The Hall–Kier alpha value is -3.75. The standard InChI is InChI=1S/C18H15FN6O2/c1-23-18(26)25(22-21-23)16-5-3-2-4-13(16)12-27-17-10-11-24(20-17)15-8-6-14(19)7-9-15/h2-11H,12H2,1H3. The van der Waals surface area contributed by atoms with Gasteiger partial charge >= 0.3 is 5.69 Å². The van der Waals surface area contributed by atoms with Gasteiger partial charge in [-0.2, -0.15) is 9.36 Å². The quantitative estimate of drug-likeness (QED) is 0.539. The first-order chi connectivity index (χ1) is 13.1. The molecule has 0 radical (unpaired) electrons. The fraction of sp³-hybridized carbons (Fsp3) is 0.111. The van der Waals surface area contributed by atoms with Crippen LogP contribution in [0.25, 0.3) is 11.4 Å². The van der Waals surface area contributed by atoms with Gasteiger partial charge in [-0.25, -0.2) is 13.9 Å². The van der Waals surface area contributed by atoms with Gasteiger partial charge in [0.2, 0.25) is 5.88 Å². The van der Waals surface area contributed by atoms with E-state index in [1.807, 2.05) is 18.2 Å². The number of tetrazole rings is 1. The first-order valence-electron chi connectivity index (χ1n) is 8.13. The zero-order valence-electron chi connectivity index (χ0n) is 14.4. The summed E-state index contributed by atoms with van der Waals surface area (Å²) in [5.41, 5.74) is 1.73. The molecule has 4 rings (SSSR count). The Kier molecular flexibility index (Phi) is 4.25. The highest BCUT2D eigenvalue weighted by molar-refractivity contribution is 5.39. The first kappa shape index (κ1) is 16.7. The molecular weight excluding hydrogens is 351 g/mol. The van der Waals surface area contributed by atoms with Crippen molar-refractivity contribution in [2.45, 2.75) is 6.61 Å². The molecule has 2 heterocycles. The van der Waals surface area contributed by atoms with Gasteiger partial charge in [0.25, 0.3) is 0 Å². The van der Waals surface area contributed by atoms with Gasteiger partial charge in [0.05, 0.1) is 11.4 Å². The van der Waals surface area contributed by atoms with Crippen LogP contribution in [0.1, 0.15) is 5.56 Å². The lowest BCUT2D eigenvalue weighted by Crippen LogP contribution is -2.23. The van der Waals surface area contributed by atoms with Gasteiger partial charge < -0.3 is 4.74 Å². The van der Waals surface area contributed by atoms with E-state index in [-0.39, 0.29) is 18.1 Å². The Labute approximate surface area is 153 Å². The summed E-state index contributed by atoms with van der Waals surface area (Å²) in [5.74, 6) is 0.0962. The molecule has 9 heteroatoms. The molecule has 0 saturated heterocycles. The van der Waals surface area contributed by atoms with Crippen LogP contribution in [-0.4, -0.2) is 29.6 Å². The van der Waals surface area contributed by atoms with Gasteiger partial charge in [0.15, 0.2) is 0 Å². The van der Waals surface area contributed by atoms with E-state index in [4.69, 9.17) is 4.74 Å². The molecule has 0 N–H and O–H groups in total. The molecule has 0 aliphatic heterocycles. The largest absolute Gasteiger partial charge is 0.472 e. The molecule has 2 aromatic carbocycles. The highest BCUT2D eigenvalue weighted by Gasteiger charge is 2.11. The first-order valence-corrected chi connectivity index (χ1v) is 8.13. The fourth-order valence-corrected chi connectivity index (χ4v) is 2.58. The SMILES string of the molecule is Cn1nnn(-c2ccccc2COc2ccn(-c3ccc(F)cc3)n2)c1=O. The van der Waals surface area contributed by atoms with Crippen molar-refractivity contribution in [2.24, 2.45) is 7.05 Å². The second kappa shape index (κ2) is 6.87. The summed E-state index contributed by atoms with van der Waals surface area (Å²) in [6, 6.07) is 15.0. The van der Waals surface area contributed by atoms with Crippen molar-refractivity contribution in [3.05, 3.63) is 82.7 Å². The van der Waals surface area contributed by atoms with Crippen LogP contribution in [0.15, 0.2) is 65.6 Å². The lowest BCUT2D eigenvalue weighted by molar-refractivity contribution is 0.291. The average molecular weight is 366 g/mol. The Morgan fingerprint density at radius 3 is 2.56 bits per heavy atom. The zero-order chi connectivity index (χ0) is 18.8. The van der Waals surface area contributed by atoms with Gasteiger partial charge in [-0.1, -0.05) is 18.2 Å². The van der Waals surface area contributed by atoms with E-state index >= 15 is 0 Å². The van der Waals surface area contributed by atoms with E-state index in [0.29, 0.717) is 11.6 Å². The number of aryl methyl sites for hydroxylation is 1. The maximum atomic E-state index is 13.0. The van der Waals surface area contributed by atoms with Crippen molar-refractivity contribution in [3.8, 4) is 17.3 Å². The van der Waals surface area contributed by atoms with Crippen LogP contribution in [0.3, 0.4) is 0 Å². The van der Waals surface area contributed by atoms with Crippen molar-refractivity contribution >= 4 is 0 Å². The summed E-state index contributed by atoms with van der Waals surface area (Å²) in [6.07, 6.45) is 1.72. The lowest BCUT2D eigenvalue weighted by Gasteiger charge is -2.08. The second-order valence-corrected chi connectivity index (χ2v) is 5.79. The third-order valence-corrected chi connectivity index (χ3v) is 3.97. The highest BCUT2D eigenvalue weighted by Crippen LogP contribution is 2.17. The second-order valence-electron chi connectivity index (χ2n) is 5.79. The summed E-state index contributed by atoms with van der Waals surface area (Å²) in [6.45, 7) is 0.194. The lowest BCUT2D eigenvalue weighted by atomic mass is 10.2. The van der Waals surface area contributed by atoms with Crippen LogP contribution in [0.2, 0.25) is 0 Å². The molecule has 0 aliphatic rings. The van der Waals surface area contributed by atoms with Crippen LogP contribution in [0, 0.1) is 5.82 Å². The number of hydrogen-bond acceptors (Lipinski definition) is 5. The van der Waals surface area contributed by atoms with Crippen molar-refractivity contribution in [1.29, 1.82) is 0 Å². The Morgan fingerprint density at radius 2 is 1.81 bits per heavy atom. The summed E-state index contributed by atoms with van der Waals surface area (Å²) in [5, 5.41) is 11.9. The van der Waals surface area contributed by atoms with Crippen LogP contribution < -0.4 is 10.4 Å². The molecule has 8 nitrogen and oxygen atoms in total. The van der Waals surface area contributed by atoms with E-state index < -0.39 is 0 Å². The number of halogens is 1. The zero-order valence-corrected chi connectivity index (χ0v) is 14.4. The van der Waals surface area contributed by atoms with Crippen molar-refractivity contribution in [1.82, 2.24) is 29.6 Å². The van der Waals surface area contributed by atoms with E-state index in [1.165, 1.54) is 23.9 Å². The molecule has 0 fully saturated rings. The van der Waals surface area contributed by atoms with Crippen LogP contribution in [0.5, 0.6) is 5.88 Å². The predicted octanol–water partition coefficient (Wildman–Crippen LogP) is 1.87. The smallest absolute Gasteiger partial charge is 0.368 e. The molecule has 0 unspecified atom stereocenters. The third-order valence-electron chi connectivity index (χ3n) is 3.97. The van der Waals surface area contributed by atoms with Crippen LogP contribution in [0.4, 0.5) is 4.39 Å². The topological polar surface area (TPSA) is 79.8 Å². The number of hydrogen-bond donors (Lipinski definition) is 0. The van der Waals surface area contributed by atoms with E-state index in [9.17, 15) is 9.18 Å². The number of aromatic nitrogens is 6. The molecule has 0 bridgehead atoms. The molecule has 27 heavy (non-hydrogen) atoms. The summed E-state index contributed by atoms with van der Waals surface area (Å²) in [7, 11) is 1.53. The minimum absolute atomic E-state index is 0.194. The fourth-order valence-electron chi connectivity index (χ4n) is 2.58. The maximum Gasteiger partial charge on any atom is 0.368 e. The van der Waals surface area contributed by atoms with Crippen molar-refractivity contribution in [3.63, 3.8) is 0 Å². The van der Waals surface area contributed by atoms with Gasteiger partial charge in [-0.3, -0.25) is 0 Å². The number of benzene rings is 2. The van der Waals surface area contributed by atoms with Crippen LogP contribution in [-0.2, 0) is 13.7 Å². The van der Waals surface area contributed by atoms with Crippen LogP contribution >= 0.6 is 0 Å². The molecule has 0 spiro atoms. The monoisotopic (exact) mass is 366 g/mol. The van der Waals surface area contributed by atoms with E-state index in [0.717, 1.165) is 15.9 Å². The normalized spacial score (nSPS) is 10.9. The number of ether oxygens (including phenoxy) is 1. The predicted molar refractivity (Wildman–Crippen MR) is 94.5 cm³/mol. The molecule has 2 aromatic heterocycles. The van der Waals surface area contributed by atoms with Gasteiger partial charge in [-0.05, 0) is 40.8 Å². The van der Waals surface area contributed by atoms with Gasteiger partial charge in [0.1, 0.15) is 12.4 Å². The number of para-hydroxylation sites is 1. The van der Waals surface area contributed by atoms with Gasteiger partial charge in [0, 0.05) is 24.9 Å². The molecular formula is C18H15FN6O2. The van der Waals surface area contributed by atoms with E-state index in [1.54, 1.807) is 35.1 Å². The minimum atomic E-state index is -0.344. The average Bonchev–Trinajstić information content (AvgIpc) is 3.28. The summed E-state index contributed by atoms with van der Waals surface area (Å²) >= 11 is 0. The molecule has 0 saturated carbocycles. The van der Waals surface area contributed by atoms with E-state index in [2.05, 4.69) is 15.5 Å². The Bertz CT molecular complexity index is 1130. The molecule has 4 aromatic rings. The molecule has 0 amide bonds. The molecule has 0 aliphatic carbocycles. The summed E-state index contributed by atoms with van der Waals surface area (Å²) < 4.78 is 22.7. The molecule has 136 valence electrons. The Morgan fingerprint density at radius 1 is 1.04 bits per heavy atom. The minimum Gasteiger partial charge on any atom is -0.472 e. The van der Waals surface area contributed by atoms with Gasteiger partial charge in [-0.15, -0.1) is 5.10 Å². The van der Waals surface area contributed by atoms with Crippen molar-refractivity contribution in [2.75, 3.05) is 0 Å². The third kappa shape index (κ3) is 3.34. The maximum absolute atomic E-state index is 13.0. The Balaban J connectivity index is 1.54. The molecule has 0 atom stereocenters. The summed E-state index contributed by atoms with van der Waals surface area (Å²) in [4.78, 5) is 12.1.